The molecule has 5 heteroatoms. The average Bonchev–Trinajstić information content (AvgIpc) is 3.19. The number of anilines is 2. The molecule has 1 amide bonds. The number of piperidine rings is 1. The molecule has 1 aliphatic heterocycles. The van der Waals surface area contributed by atoms with Gasteiger partial charge in [-0.05, 0) is 49.1 Å². The number of hydrogen-bond acceptors (Lipinski definition) is 3. The summed E-state index contributed by atoms with van der Waals surface area (Å²) in [5.41, 5.74) is 3.74. The molecular formula is C22H24N4O. The van der Waals surface area contributed by atoms with Crippen molar-refractivity contribution < 1.29 is 4.79 Å². The van der Waals surface area contributed by atoms with Crippen LogP contribution in [0.5, 0.6) is 0 Å². The lowest BCUT2D eigenvalue weighted by atomic mass is 10.1. The molecular weight excluding hydrogens is 336 g/mol. The molecule has 1 aromatic heterocycles. The molecule has 0 atom stereocenters. The number of rotatable bonds is 5. The quantitative estimate of drug-likeness (QED) is 0.743. The first kappa shape index (κ1) is 17.3. The van der Waals surface area contributed by atoms with Crippen molar-refractivity contribution in [1.29, 1.82) is 0 Å². The van der Waals surface area contributed by atoms with Gasteiger partial charge in [0, 0.05) is 30.7 Å². The third-order valence-electron chi connectivity index (χ3n) is 4.93. The van der Waals surface area contributed by atoms with E-state index in [-0.39, 0.29) is 5.91 Å². The number of nitrogens with one attached hydrogen (secondary N) is 1. The van der Waals surface area contributed by atoms with Crippen molar-refractivity contribution in [1.82, 2.24) is 9.78 Å². The van der Waals surface area contributed by atoms with Gasteiger partial charge >= 0.3 is 0 Å². The van der Waals surface area contributed by atoms with E-state index in [1.165, 1.54) is 24.9 Å². The first-order valence-corrected chi connectivity index (χ1v) is 9.51. The minimum atomic E-state index is -0.139. The zero-order chi connectivity index (χ0) is 18.5. The van der Waals surface area contributed by atoms with Crippen LogP contribution in [-0.2, 0) is 6.54 Å². The molecule has 0 aliphatic carbocycles. The lowest BCUT2D eigenvalue weighted by Gasteiger charge is -2.28. The Balaban J connectivity index is 1.37. The van der Waals surface area contributed by atoms with Crippen LogP contribution >= 0.6 is 0 Å². The van der Waals surface area contributed by atoms with E-state index in [0.29, 0.717) is 12.1 Å². The van der Waals surface area contributed by atoms with Gasteiger partial charge < -0.3 is 10.2 Å². The molecule has 0 unspecified atom stereocenters. The van der Waals surface area contributed by atoms with E-state index in [1.54, 1.807) is 17.1 Å². The van der Waals surface area contributed by atoms with E-state index in [4.69, 9.17) is 0 Å². The van der Waals surface area contributed by atoms with Gasteiger partial charge in [0.1, 0.15) is 0 Å². The maximum atomic E-state index is 12.5. The molecule has 27 heavy (non-hydrogen) atoms. The van der Waals surface area contributed by atoms with Gasteiger partial charge in [-0.25, -0.2) is 0 Å². The van der Waals surface area contributed by atoms with Crippen molar-refractivity contribution in [3.05, 3.63) is 78.1 Å². The summed E-state index contributed by atoms with van der Waals surface area (Å²) >= 11 is 0. The first-order chi connectivity index (χ1) is 13.3. The maximum Gasteiger partial charge on any atom is 0.258 e. The van der Waals surface area contributed by atoms with Crippen LogP contribution in [0, 0.1) is 0 Å². The number of hydrogen-bond donors (Lipinski definition) is 1. The number of carbonyl (C=O) groups is 1. The number of amides is 1. The molecule has 3 aromatic rings. The highest BCUT2D eigenvalue weighted by Crippen LogP contribution is 2.22. The Kier molecular flexibility index (Phi) is 5.19. The second-order valence-corrected chi connectivity index (χ2v) is 6.96. The largest absolute Gasteiger partial charge is 0.372 e. The van der Waals surface area contributed by atoms with Crippen LogP contribution in [0.15, 0.2) is 67.0 Å². The fourth-order valence-electron chi connectivity index (χ4n) is 3.45. The summed E-state index contributed by atoms with van der Waals surface area (Å²) in [4.78, 5) is 14.9. The minimum Gasteiger partial charge on any atom is -0.372 e. The molecule has 1 saturated heterocycles. The summed E-state index contributed by atoms with van der Waals surface area (Å²) in [6.45, 7) is 2.89. The highest BCUT2D eigenvalue weighted by Gasteiger charge is 2.12. The Bertz CT molecular complexity index is 880. The van der Waals surface area contributed by atoms with E-state index < -0.39 is 0 Å². The van der Waals surface area contributed by atoms with Gasteiger partial charge in [0.25, 0.3) is 5.91 Å². The lowest BCUT2D eigenvalue weighted by Crippen LogP contribution is -2.29. The maximum absolute atomic E-state index is 12.5. The summed E-state index contributed by atoms with van der Waals surface area (Å²) in [6, 6.07) is 18.2. The summed E-state index contributed by atoms with van der Waals surface area (Å²) in [5.74, 6) is -0.139. The Hall–Kier alpha value is -3.08. The molecule has 1 aliphatic rings. The van der Waals surface area contributed by atoms with Crippen LogP contribution in [-0.4, -0.2) is 28.8 Å². The highest BCUT2D eigenvalue weighted by molar-refractivity contribution is 6.04. The van der Waals surface area contributed by atoms with Gasteiger partial charge in [-0.3, -0.25) is 9.48 Å². The van der Waals surface area contributed by atoms with Crippen LogP contribution in [0.25, 0.3) is 0 Å². The molecule has 2 aromatic carbocycles. The summed E-state index contributed by atoms with van der Waals surface area (Å²) in [7, 11) is 0. The number of nitrogens with zero attached hydrogens (tertiary/aromatic N) is 3. The van der Waals surface area contributed by atoms with Crippen LogP contribution in [0.2, 0.25) is 0 Å². The Morgan fingerprint density at radius 2 is 1.70 bits per heavy atom. The molecule has 0 saturated carbocycles. The molecule has 2 heterocycles. The van der Waals surface area contributed by atoms with Gasteiger partial charge in [-0.2, -0.15) is 5.10 Å². The highest BCUT2D eigenvalue weighted by atomic mass is 16.1. The Labute approximate surface area is 159 Å². The third kappa shape index (κ3) is 4.37. The van der Waals surface area contributed by atoms with Crippen LogP contribution in [0.1, 0.15) is 35.2 Å². The summed E-state index contributed by atoms with van der Waals surface area (Å²) in [6.07, 6.45) is 7.23. The van der Waals surface area contributed by atoms with Crippen molar-refractivity contribution in [2.24, 2.45) is 0 Å². The van der Waals surface area contributed by atoms with Gasteiger partial charge in [0.05, 0.1) is 18.3 Å². The lowest BCUT2D eigenvalue weighted by molar-refractivity contribution is 0.102. The summed E-state index contributed by atoms with van der Waals surface area (Å²) < 4.78 is 1.78. The van der Waals surface area contributed by atoms with Gasteiger partial charge in [-0.15, -0.1) is 0 Å². The van der Waals surface area contributed by atoms with Gasteiger partial charge in [0.15, 0.2) is 0 Å². The minimum absolute atomic E-state index is 0.139. The third-order valence-corrected chi connectivity index (χ3v) is 4.93. The second-order valence-electron chi connectivity index (χ2n) is 6.96. The van der Waals surface area contributed by atoms with Gasteiger partial charge in [-0.1, -0.05) is 30.3 Å². The molecule has 0 bridgehead atoms. The molecule has 0 radical (unpaired) electrons. The van der Waals surface area contributed by atoms with E-state index in [9.17, 15) is 4.79 Å². The standard InChI is InChI=1S/C22H24N4O/c27-22(19-15-23-26(17-19)16-18-7-3-1-4-8-18)24-20-9-11-21(12-10-20)25-13-5-2-6-14-25/h1,3-4,7-12,15,17H,2,5-6,13-14,16H2,(H,24,27). The molecule has 0 spiro atoms. The fraction of sp³-hybridized carbons (Fsp3) is 0.273. The predicted molar refractivity (Wildman–Crippen MR) is 108 cm³/mol. The molecule has 5 nitrogen and oxygen atoms in total. The second kappa shape index (κ2) is 8.08. The SMILES string of the molecule is O=C(Nc1ccc(N2CCCCC2)cc1)c1cnn(Cc2ccccc2)c1. The van der Waals surface area contributed by atoms with Crippen molar-refractivity contribution >= 4 is 17.3 Å². The monoisotopic (exact) mass is 360 g/mol. The zero-order valence-electron chi connectivity index (χ0n) is 15.3. The van der Waals surface area contributed by atoms with E-state index in [0.717, 1.165) is 24.3 Å². The molecule has 4 rings (SSSR count). The topological polar surface area (TPSA) is 50.2 Å². The fourth-order valence-corrected chi connectivity index (χ4v) is 3.45. The van der Waals surface area contributed by atoms with E-state index >= 15 is 0 Å². The average molecular weight is 360 g/mol. The van der Waals surface area contributed by atoms with E-state index in [2.05, 4.69) is 27.4 Å². The molecule has 1 fully saturated rings. The van der Waals surface area contributed by atoms with Crippen molar-refractivity contribution in [3.8, 4) is 0 Å². The van der Waals surface area contributed by atoms with Gasteiger partial charge in [0.2, 0.25) is 0 Å². The van der Waals surface area contributed by atoms with Crippen LogP contribution < -0.4 is 10.2 Å². The van der Waals surface area contributed by atoms with Crippen molar-refractivity contribution in [3.63, 3.8) is 0 Å². The zero-order valence-corrected chi connectivity index (χ0v) is 15.3. The van der Waals surface area contributed by atoms with Crippen LogP contribution in [0.4, 0.5) is 11.4 Å². The smallest absolute Gasteiger partial charge is 0.258 e. The van der Waals surface area contributed by atoms with Crippen LogP contribution in [0.3, 0.4) is 0 Å². The predicted octanol–water partition coefficient (Wildman–Crippen LogP) is 4.17. The molecule has 1 N–H and O–H groups in total. The first-order valence-electron chi connectivity index (χ1n) is 9.51. The van der Waals surface area contributed by atoms with Crippen molar-refractivity contribution in [2.75, 3.05) is 23.3 Å². The normalized spacial score (nSPS) is 14.1. The number of benzene rings is 2. The number of aromatic nitrogens is 2. The molecule has 138 valence electrons. The summed E-state index contributed by atoms with van der Waals surface area (Å²) in [5, 5.41) is 7.25. The van der Waals surface area contributed by atoms with Crippen molar-refractivity contribution in [2.45, 2.75) is 25.8 Å². The number of carbonyl (C=O) groups excluding carboxylic acids is 1. The Morgan fingerprint density at radius 3 is 2.44 bits per heavy atom. The van der Waals surface area contributed by atoms with E-state index in [1.807, 2.05) is 42.5 Å². The Morgan fingerprint density at radius 1 is 0.963 bits per heavy atom.